The Morgan fingerprint density at radius 1 is 0.842 bits per heavy atom. The number of esters is 1. The van der Waals surface area contributed by atoms with Crippen LogP contribution in [0.2, 0.25) is 0 Å². The smallest absolute Gasteiger partial charge is 0.387 e. The number of aromatic hydroxyl groups is 1. The molecule has 0 spiro atoms. The molecular formula is C31H33O6P. The van der Waals surface area contributed by atoms with E-state index >= 15 is 0 Å². The van der Waals surface area contributed by atoms with E-state index in [4.69, 9.17) is 17.7 Å². The first kappa shape index (κ1) is 27.4. The van der Waals surface area contributed by atoms with Crippen LogP contribution < -0.4 is 4.52 Å². The molecule has 4 aromatic rings. The fourth-order valence-electron chi connectivity index (χ4n) is 4.02. The van der Waals surface area contributed by atoms with Crippen LogP contribution in [0.15, 0.2) is 69.1 Å². The zero-order valence-electron chi connectivity index (χ0n) is 22.6. The summed E-state index contributed by atoms with van der Waals surface area (Å²) in [5.74, 6) is 5.04. The van der Waals surface area contributed by atoms with Crippen LogP contribution in [0, 0.1) is 11.8 Å². The molecule has 6 nitrogen and oxygen atoms in total. The minimum atomic E-state index is -1.73. The van der Waals surface area contributed by atoms with Crippen LogP contribution in [0.1, 0.15) is 58.2 Å². The number of phenols is 1. The summed E-state index contributed by atoms with van der Waals surface area (Å²) in [4.78, 5) is 12.3. The largest absolute Gasteiger partial charge is 0.507 e. The number of para-hydroxylation sites is 2. The average molecular weight is 533 g/mol. The van der Waals surface area contributed by atoms with Crippen LogP contribution in [0.25, 0.3) is 21.9 Å². The van der Waals surface area contributed by atoms with Gasteiger partial charge in [0, 0.05) is 33.4 Å². The maximum atomic E-state index is 12.3. The number of hydrogen-bond donors (Lipinski definition) is 1. The molecule has 0 aliphatic carbocycles. The lowest BCUT2D eigenvalue weighted by molar-refractivity contribution is -0.137. The maximum absolute atomic E-state index is 12.3. The summed E-state index contributed by atoms with van der Waals surface area (Å²) in [6, 6.07) is 19.0. The summed E-state index contributed by atoms with van der Waals surface area (Å²) >= 11 is 0. The predicted octanol–water partition coefficient (Wildman–Crippen LogP) is 7.61. The van der Waals surface area contributed by atoms with Crippen LogP contribution in [0.3, 0.4) is 0 Å². The predicted molar refractivity (Wildman–Crippen MR) is 151 cm³/mol. The van der Waals surface area contributed by atoms with Crippen molar-refractivity contribution >= 4 is 36.1 Å². The van der Waals surface area contributed by atoms with E-state index in [-0.39, 0.29) is 29.8 Å². The molecule has 0 aliphatic heterocycles. The van der Waals surface area contributed by atoms with Gasteiger partial charge in [-0.1, -0.05) is 83.9 Å². The highest BCUT2D eigenvalue weighted by molar-refractivity contribution is 7.31. The second-order valence-electron chi connectivity index (χ2n) is 11.0. The quantitative estimate of drug-likeness (QED) is 0.165. The molecule has 0 aliphatic rings. The van der Waals surface area contributed by atoms with Gasteiger partial charge in [0.2, 0.25) is 0 Å². The molecule has 0 saturated heterocycles. The van der Waals surface area contributed by atoms with Gasteiger partial charge in [0.1, 0.15) is 23.5 Å². The lowest BCUT2D eigenvalue weighted by Crippen LogP contribution is -2.17. The van der Waals surface area contributed by atoms with Crippen LogP contribution >= 0.6 is 8.24 Å². The van der Waals surface area contributed by atoms with Crippen molar-refractivity contribution < 1.29 is 27.6 Å². The van der Waals surface area contributed by atoms with Crippen LogP contribution in [-0.2, 0) is 20.4 Å². The van der Waals surface area contributed by atoms with Crippen LogP contribution in [0.5, 0.6) is 5.75 Å². The first-order valence-corrected chi connectivity index (χ1v) is 13.6. The Balaban J connectivity index is 1.46. The molecule has 1 aromatic heterocycles. The normalized spacial score (nSPS) is 11.7. The summed E-state index contributed by atoms with van der Waals surface area (Å²) in [6.45, 7) is 12.3. The number of carbonyl (C=O) groups is 1. The zero-order chi connectivity index (χ0) is 27.5. The van der Waals surface area contributed by atoms with Gasteiger partial charge in [-0.25, -0.2) is 4.79 Å². The van der Waals surface area contributed by atoms with Gasteiger partial charge in [-0.15, -0.1) is 0 Å². The lowest BCUT2D eigenvalue weighted by atomic mass is 9.78. The molecule has 0 radical (unpaired) electrons. The topological polar surface area (TPSA) is 82.0 Å². The fraction of sp³-hybridized carbons (Fsp3) is 0.323. The number of carbonyl (C=O) groups excluding carboxylic acids is 1. The van der Waals surface area contributed by atoms with Gasteiger partial charge in [0.15, 0.2) is 0 Å². The number of hydrogen-bond acceptors (Lipinski definition) is 6. The first-order chi connectivity index (χ1) is 17.9. The van der Waals surface area contributed by atoms with Crippen molar-refractivity contribution in [2.45, 2.75) is 52.4 Å². The van der Waals surface area contributed by atoms with Gasteiger partial charge in [0.25, 0.3) is 0 Å². The summed E-state index contributed by atoms with van der Waals surface area (Å²) in [5.41, 5.74) is 2.98. The second-order valence-corrected chi connectivity index (χ2v) is 12.1. The van der Waals surface area contributed by atoms with Crippen molar-refractivity contribution in [1.82, 2.24) is 0 Å². The van der Waals surface area contributed by atoms with Gasteiger partial charge in [-0.2, -0.15) is 0 Å². The number of rotatable bonds is 4. The number of fused-ring (bicyclic) bond motifs is 3. The van der Waals surface area contributed by atoms with Crippen molar-refractivity contribution in [3.63, 3.8) is 0 Å². The molecule has 4 rings (SSSR count). The van der Waals surface area contributed by atoms with E-state index in [1.54, 1.807) is 0 Å². The molecule has 0 atom stereocenters. The average Bonchev–Trinajstić information content (AvgIpc) is 3.01. The molecule has 0 fully saturated rings. The molecule has 0 saturated carbocycles. The molecule has 198 valence electrons. The molecule has 3 aromatic carbocycles. The highest BCUT2D eigenvalue weighted by atomic mass is 31.1. The third-order valence-electron chi connectivity index (χ3n) is 5.96. The van der Waals surface area contributed by atoms with E-state index < -0.39 is 14.2 Å². The van der Waals surface area contributed by atoms with E-state index in [0.29, 0.717) is 16.7 Å². The van der Waals surface area contributed by atoms with Crippen LogP contribution in [-0.4, -0.2) is 24.3 Å². The minimum absolute atomic E-state index is 0.00157. The molecule has 38 heavy (non-hydrogen) atoms. The second kappa shape index (κ2) is 11.0. The Labute approximate surface area is 224 Å². The summed E-state index contributed by atoms with van der Waals surface area (Å²) in [6.07, 6.45) is 0. The number of ether oxygens (including phenoxy) is 1. The molecule has 0 bridgehead atoms. The third-order valence-corrected chi connectivity index (χ3v) is 7.04. The van der Waals surface area contributed by atoms with Crippen molar-refractivity contribution in [3.8, 4) is 17.6 Å². The fourth-order valence-corrected chi connectivity index (χ4v) is 5.03. The first-order valence-electron chi connectivity index (χ1n) is 12.5. The molecule has 1 heterocycles. The van der Waals surface area contributed by atoms with E-state index in [0.717, 1.165) is 21.9 Å². The Morgan fingerprint density at radius 3 is 1.84 bits per heavy atom. The number of phenolic OH excluding ortho intramolecular Hbond substituents is 1. The number of benzene rings is 3. The van der Waals surface area contributed by atoms with Gasteiger partial charge >= 0.3 is 14.2 Å². The Morgan fingerprint density at radius 2 is 1.34 bits per heavy atom. The molecular weight excluding hydrogens is 499 g/mol. The van der Waals surface area contributed by atoms with Crippen LogP contribution in [0.4, 0.5) is 0 Å². The van der Waals surface area contributed by atoms with E-state index in [1.165, 1.54) is 0 Å². The molecule has 0 amide bonds. The van der Waals surface area contributed by atoms with Crippen molar-refractivity contribution in [2.75, 3.05) is 13.2 Å². The van der Waals surface area contributed by atoms with Crippen molar-refractivity contribution in [1.29, 1.82) is 0 Å². The summed E-state index contributed by atoms with van der Waals surface area (Å²) < 4.78 is 23.0. The highest BCUT2D eigenvalue weighted by Crippen LogP contribution is 2.39. The maximum Gasteiger partial charge on any atom is 0.387 e. The van der Waals surface area contributed by atoms with E-state index in [1.807, 2.05) is 102 Å². The zero-order valence-corrected chi connectivity index (χ0v) is 23.5. The SMILES string of the molecule is CC(C)(C)c1cc(C#CC(=O)OCCOp2oc3ccccc3c3ccccc3o2)cc(C(C)(C)C)c1O. The van der Waals surface area contributed by atoms with Gasteiger partial charge in [-0.05, 0) is 35.1 Å². The van der Waals surface area contributed by atoms with Gasteiger partial charge < -0.3 is 18.2 Å². The molecule has 7 heteroatoms. The van der Waals surface area contributed by atoms with Gasteiger partial charge in [0.05, 0.1) is 6.61 Å². The minimum Gasteiger partial charge on any atom is -0.507 e. The van der Waals surface area contributed by atoms with E-state index in [9.17, 15) is 9.90 Å². The summed E-state index contributed by atoms with van der Waals surface area (Å²) in [7, 11) is -1.73. The van der Waals surface area contributed by atoms with Crippen molar-refractivity contribution in [3.05, 3.63) is 77.4 Å². The molecule has 0 unspecified atom stereocenters. The van der Waals surface area contributed by atoms with Gasteiger partial charge in [-0.3, -0.25) is 4.52 Å². The van der Waals surface area contributed by atoms with Crippen molar-refractivity contribution in [2.24, 2.45) is 0 Å². The Kier molecular flexibility index (Phi) is 7.92. The standard InChI is InChI=1S/C31H33O6P/c1-30(2,3)24-19-21(20-25(29(24)33)31(4,5)6)15-16-28(32)34-17-18-35-38-36-26-13-9-7-11-22(26)23-12-8-10-14-27(23)37-38/h7-14,19-20,33H,17-18H2,1-6H3. The third kappa shape index (κ3) is 6.42. The molecule has 1 N–H and O–H groups in total. The highest BCUT2D eigenvalue weighted by Gasteiger charge is 2.26. The monoisotopic (exact) mass is 532 g/mol. The van der Waals surface area contributed by atoms with E-state index in [2.05, 4.69) is 11.8 Å². The summed E-state index contributed by atoms with van der Waals surface area (Å²) in [5, 5.41) is 12.7. The Hall–Kier alpha value is -3.65. The lowest BCUT2D eigenvalue weighted by Gasteiger charge is -2.27. The Bertz CT molecular complexity index is 1480.